The molecule has 0 aromatic heterocycles. The van der Waals surface area contributed by atoms with Crippen molar-refractivity contribution in [3.05, 3.63) is 10.4 Å². The van der Waals surface area contributed by atoms with Gasteiger partial charge in [-0.05, 0) is 37.6 Å². The van der Waals surface area contributed by atoms with Crippen LogP contribution in [0.2, 0.25) is 19.6 Å². The summed E-state index contributed by atoms with van der Waals surface area (Å²) in [6.45, 7) is 9.63. The Hall–Kier alpha value is -1.77. The van der Waals surface area contributed by atoms with E-state index in [1.54, 1.807) is 4.90 Å². The lowest BCUT2D eigenvalue weighted by Crippen LogP contribution is -2.45. The van der Waals surface area contributed by atoms with Gasteiger partial charge in [0.05, 0.1) is 20.9 Å². The lowest BCUT2D eigenvalue weighted by Gasteiger charge is -2.34. The van der Waals surface area contributed by atoms with E-state index in [4.69, 9.17) is 15.1 Å². The fourth-order valence-electron chi connectivity index (χ4n) is 2.63. The lowest BCUT2D eigenvalue weighted by atomic mass is 9.90. The smallest absolute Gasteiger partial charge is 0.409 e. The standard InChI is InChI=1S/C16H31N5O4Si/c1-12(26(4,5)6)25-16(23)21-9-7-13(8-10-21)11-14(18-19-17)15(22)20(2)24-3/h12-14H,7-11H2,1-6H3. The first-order chi connectivity index (χ1) is 12.1. The fraction of sp³-hybridized carbons (Fsp3) is 0.875. The number of hydrogen-bond donors (Lipinski definition) is 0. The third-order valence-electron chi connectivity index (χ3n) is 4.99. The zero-order valence-electron chi connectivity index (χ0n) is 16.6. The fourth-order valence-corrected chi connectivity index (χ4v) is 3.08. The van der Waals surface area contributed by atoms with E-state index in [1.807, 2.05) is 6.92 Å². The highest BCUT2D eigenvalue weighted by Gasteiger charge is 2.32. The minimum Gasteiger partial charge on any atom is -0.450 e. The molecule has 10 heteroatoms. The number of piperidine rings is 1. The van der Waals surface area contributed by atoms with Gasteiger partial charge in [0.25, 0.3) is 5.91 Å². The van der Waals surface area contributed by atoms with E-state index in [-0.39, 0.29) is 23.6 Å². The molecule has 0 aromatic carbocycles. The van der Waals surface area contributed by atoms with Gasteiger partial charge in [-0.25, -0.2) is 9.86 Å². The van der Waals surface area contributed by atoms with Crippen molar-refractivity contribution in [1.29, 1.82) is 0 Å². The molecule has 0 aliphatic carbocycles. The van der Waals surface area contributed by atoms with Gasteiger partial charge in [-0.1, -0.05) is 24.8 Å². The van der Waals surface area contributed by atoms with Gasteiger partial charge in [0.2, 0.25) is 0 Å². The van der Waals surface area contributed by atoms with Crippen LogP contribution in [0.25, 0.3) is 10.4 Å². The molecule has 0 spiro atoms. The van der Waals surface area contributed by atoms with Crippen molar-refractivity contribution in [1.82, 2.24) is 9.96 Å². The van der Waals surface area contributed by atoms with Crippen LogP contribution in [-0.4, -0.2) is 69.1 Å². The SMILES string of the molecule is CON(C)C(=O)C(CC1CCN(C(=O)OC(C)[Si](C)(C)C)CC1)N=[N+]=[N-]. The minimum atomic E-state index is -1.53. The largest absolute Gasteiger partial charge is 0.450 e. The number of likely N-dealkylation sites (N-methyl/N-ethyl adjacent to an activating group) is 1. The zero-order valence-corrected chi connectivity index (χ0v) is 17.6. The summed E-state index contributed by atoms with van der Waals surface area (Å²) in [7, 11) is 1.34. The van der Waals surface area contributed by atoms with E-state index < -0.39 is 14.1 Å². The predicted octanol–water partition coefficient (Wildman–Crippen LogP) is 3.19. The van der Waals surface area contributed by atoms with Gasteiger partial charge >= 0.3 is 6.09 Å². The Balaban J connectivity index is 2.55. The summed E-state index contributed by atoms with van der Waals surface area (Å²) >= 11 is 0. The molecule has 9 nitrogen and oxygen atoms in total. The minimum absolute atomic E-state index is 0.0377. The summed E-state index contributed by atoms with van der Waals surface area (Å²) in [6.07, 6.45) is 1.68. The van der Waals surface area contributed by atoms with Crippen LogP contribution in [0.5, 0.6) is 0 Å². The molecule has 2 unspecified atom stereocenters. The number of carbonyl (C=O) groups excluding carboxylic acids is 2. The second kappa shape index (κ2) is 9.80. The Morgan fingerprint density at radius 2 is 1.92 bits per heavy atom. The number of hydroxylamine groups is 2. The Labute approximate surface area is 156 Å². The van der Waals surface area contributed by atoms with Gasteiger partial charge in [-0.15, -0.1) is 0 Å². The number of azide groups is 1. The summed E-state index contributed by atoms with van der Waals surface area (Å²) in [6, 6.07) is -0.791. The number of amides is 2. The first-order valence-corrected chi connectivity index (χ1v) is 12.5. The van der Waals surface area contributed by atoms with Gasteiger partial charge in [-0.3, -0.25) is 9.63 Å². The number of nitrogens with zero attached hydrogens (tertiary/aromatic N) is 5. The maximum absolute atomic E-state index is 12.3. The third kappa shape index (κ3) is 6.51. The van der Waals surface area contributed by atoms with Gasteiger partial charge in [0.1, 0.15) is 6.04 Å². The summed E-state index contributed by atoms with van der Waals surface area (Å²) in [5.74, 6) is -0.158. The molecule has 1 aliphatic heterocycles. The number of likely N-dealkylation sites (tertiary alicyclic amines) is 1. The number of ether oxygens (including phenoxy) is 1. The Kier molecular flexibility index (Phi) is 8.39. The molecular weight excluding hydrogens is 354 g/mol. The molecule has 1 fully saturated rings. The molecule has 2 amide bonds. The second-order valence-corrected chi connectivity index (χ2v) is 13.3. The highest BCUT2D eigenvalue weighted by Crippen LogP contribution is 2.25. The van der Waals surface area contributed by atoms with Crippen molar-refractivity contribution < 1.29 is 19.2 Å². The van der Waals surface area contributed by atoms with Crippen LogP contribution in [0.4, 0.5) is 4.79 Å². The Morgan fingerprint density at radius 3 is 2.38 bits per heavy atom. The third-order valence-corrected chi connectivity index (χ3v) is 7.54. The van der Waals surface area contributed by atoms with Crippen molar-refractivity contribution in [3.8, 4) is 0 Å². The van der Waals surface area contributed by atoms with Crippen LogP contribution in [0.3, 0.4) is 0 Å². The average Bonchev–Trinajstić information content (AvgIpc) is 2.59. The maximum atomic E-state index is 12.3. The quantitative estimate of drug-likeness (QED) is 0.220. The van der Waals surface area contributed by atoms with Crippen molar-refractivity contribution in [3.63, 3.8) is 0 Å². The van der Waals surface area contributed by atoms with E-state index in [2.05, 4.69) is 29.7 Å². The van der Waals surface area contributed by atoms with Crippen molar-refractivity contribution in [2.24, 2.45) is 11.0 Å². The van der Waals surface area contributed by atoms with E-state index in [0.29, 0.717) is 19.5 Å². The monoisotopic (exact) mass is 385 g/mol. The molecule has 0 radical (unpaired) electrons. The van der Waals surface area contributed by atoms with Gasteiger partial charge in [-0.2, -0.15) is 0 Å². The topological polar surface area (TPSA) is 108 Å². The van der Waals surface area contributed by atoms with Crippen LogP contribution < -0.4 is 0 Å². The molecule has 1 rings (SSSR count). The van der Waals surface area contributed by atoms with Crippen LogP contribution in [0.1, 0.15) is 26.2 Å². The van der Waals surface area contributed by atoms with E-state index >= 15 is 0 Å². The number of hydrogen-bond acceptors (Lipinski definition) is 5. The van der Waals surface area contributed by atoms with Crippen molar-refractivity contribution >= 4 is 20.1 Å². The van der Waals surface area contributed by atoms with Gasteiger partial charge < -0.3 is 9.64 Å². The molecule has 1 saturated heterocycles. The molecule has 0 saturated carbocycles. The molecule has 2 atom stereocenters. The van der Waals surface area contributed by atoms with Crippen LogP contribution in [-0.2, 0) is 14.4 Å². The van der Waals surface area contributed by atoms with Gasteiger partial charge in [0, 0.05) is 25.0 Å². The average molecular weight is 386 g/mol. The molecule has 148 valence electrons. The van der Waals surface area contributed by atoms with Crippen molar-refractivity contribution in [2.75, 3.05) is 27.2 Å². The summed E-state index contributed by atoms with van der Waals surface area (Å²) < 4.78 is 5.60. The lowest BCUT2D eigenvalue weighted by molar-refractivity contribution is -0.170. The summed E-state index contributed by atoms with van der Waals surface area (Å²) in [4.78, 5) is 33.9. The molecule has 26 heavy (non-hydrogen) atoms. The summed E-state index contributed by atoms with van der Waals surface area (Å²) in [5, 5.41) is 4.69. The zero-order chi connectivity index (χ0) is 19.9. The first-order valence-electron chi connectivity index (χ1n) is 8.91. The Bertz CT molecular complexity index is 539. The normalized spacial score (nSPS) is 17.8. The molecule has 1 aliphatic rings. The van der Waals surface area contributed by atoms with Crippen molar-refractivity contribution in [2.45, 2.75) is 57.6 Å². The highest BCUT2D eigenvalue weighted by atomic mass is 28.3. The summed E-state index contributed by atoms with van der Waals surface area (Å²) in [5.41, 5.74) is 8.68. The maximum Gasteiger partial charge on any atom is 0.409 e. The first kappa shape index (κ1) is 22.3. The van der Waals surface area contributed by atoms with E-state index in [0.717, 1.165) is 17.9 Å². The second-order valence-electron chi connectivity index (χ2n) is 7.80. The van der Waals surface area contributed by atoms with Crippen LogP contribution in [0.15, 0.2) is 5.11 Å². The van der Waals surface area contributed by atoms with Crippen LogP contribution >= 0.6 is 0 Å². The molecule has 1 heterocycles. The molecular formula is C16H31N5O4Si. The Morgan fingerprint density at radius 1 is 1.35 bits per heavy atom. The number of carbonyl (C=O) groups is 2. The van der Waals surface area contributed by atoms with Crippen LogP contribution in [0, 0.1) is 5.92 Å². The molecule has 0 bridgehead atoms. The molecule has 0 aromatic rings. The van der Waals surface area contributed by atoms with E-state index in [9.17, 15) is 9.59 Å². The molecule has 0 N–H and O–H groups in total. The van der Waals surface area contributed by atoms with Gasteiger partial charge in [0.15, 0.2) is 0 Å². The van der Waals surface area contributed by atoms with E-state index in [1.165, 1.54) is 14.2 Å². The highest BCUT2D eigenvalue weighted by molar-refractivity contribution is 6.77. The number of rotatable bonds is 7. The predicted molar refractivity (Wildman–Crippen MR) is 101 cm³/mol.